The number of guanidine groups is 1. The molecule has 1 saturated heterocycles. The van der Waals surface area contributed by atoms with Crippen molar-refractivity contribution in [3.05, 3.63) is 0 Å². The van der Waals surface area contributed by atoms with Crippen molar-refractivity contribution in [2.75, 3.05) is 39.8 Å². The molecule has 4 saturated carbocycles. The summed E-state index contributed by atoms with van der Waals surface area (Å²) in [6, 6.07) is 0.437. The lowest BCUT2D eigenvalue weighted by molar-refractivity contribution is -0.229. The van der Waals surface area contributed by atoms with Gasteiger partial charge in [-0.05, 0) is 114 Å². The molecule has 3 unspecified atom stereocenters. The Balaban J connectivity index is 1.23. The topological polar surface area (TPSA) is 51.2 Å². The second-order valence-electron chi connectivity index (χ2n) is 16.9. The lowest BCUT2D eigenvalue weighted by Gasteiger charge is -2.45. The zero-order chi connectivity index (χ0) is 36.1. The SMILES string of the molecule is CC1CCC(N=C(NC2CCC(C)CC2)N2CCN(C(C(=O)N(C)CCC3CC(C(F)(F)F)CC(C(F)(F)F)C3)C3CCCCC3)CC2)CC1. The highest BCUT2D eigenvalue weighted by Crippen LogP contribution is 2.48. The number of alkyl halides is 6. The van der Waals surface area contributed by atoms with E-state index in [1.807, 2.05) is 0 Å². The third-order valence-electron chi connectivity index (χ3n) is 13.0. The molecule has 5 rings (SSSR count). The van der Waals surface area contributed by atoms with Crippen LogP contribution in [-0.2, 0) is 4.79 Å². The van der Waals surface area contributed by atoms with Crippen LogP contribution in [0.25, 0.3) is 0 Å². The minimum atomic E-state index is -4.65. The molecule has 0 aromatic heterocycles. The van der Waals surface area contributed by atoms with Gasteiger partial charge in [-0.2, -0.15) is 26.3 Å². The average molecular weight is 720 g/mol. The number of carbonyl (C=O) groups excluding carboxylic acids is 1. The van der Waals surface area contributed by atoms with Gasteiger partial charge in [0, 0.05) is 45.8 Å². The Kier molecular flexibility index (Phi) is 13.7. The van der Waals surface area contributed by atoms with Gasteiger partial charge in [0.1, 0.15) is 0 Å². The van der Waals surface area contributed by atoms with Crippen LogP contribution in [0.5, 0.6) is 0 Å². The van der Waals surface area contributed by atoms with Gasteiger partial charge in [-0.25, -0.2) is 4.99 Å². The molecule has 1 heterocycles. The molecule has 6 nitrogen and oxygen atoms in total. The summed E-state index contributed by atoms with van der Waals surface area (Å²) < 4.78 is 81.7. The van der Waals surface area contributed by atoms with Gasteiger partial charge in [0.25, 0.3) is 0 Å². The summed E-state index contributed by atoms with van der Waals surface area (Å²) in [5, 5.41) is 3.87. The first-order valence-electron chi connectivity index (χ1n) is 19.9. The molecule has 0 radical (unpaired) electrons. The maximum Gasteiger partial charge on any atom is 0.391 e. The zero-order valence-electron chi connectivity index (χ0n) is 30.7. The van der Waals surface area contributed by atoms with Crippen molar-refractivity contribution in [2.45, 2.75) is 153 Å². The average Bonchev–Trinajstić information content (AvgIpc) is 3.09. The van der Waals surface area contributed by atoms with E-state index in [1.165, 1.54) is 25.7 Å². The Labute approximate surface area is 296 Å². The molecule has 0 bridgehead atoms. The number of carbonyl (C=O) groups is 1. The van der Waals surface area contributed by atoms with Crippen LogP contribution in [0.1, 0.15) is 123 Å². The van der Waals surface area contributed by atoms with Crippen LogP contribution in [0.3, 0.4) is 0 Å². The highest BCUT2D eigenvalue weighted by atomic mass is 19.4. The molecule has 0 spiro atoms. The van der Waals surface area contributed by atoms with Gasteiger partial charge in [-0.3, -0.25) is 9.69 Å². The quantitative estimate of drug-likeness (QED) is 0.155. The highest BCUT2D eigenvalue weighted by molar-refractivity contribution is 5.82. The van der Waals surface area contributed by atoms with Crippen molar-refractivity contribution in [2.24, 2.45) is 40.5 Å². The normalized spacial score (nSPS) is 33.6. The first-order chi connectivity index (χ1) is 23.7. The second-order valence-corrected chi connectivity index (χ2v) is 16.9. The third kappa shape index (κ3) is 10.9. The van der Waals surface area contributed by atoms with Crippen molar-refractivity contribution in [3.63, 3.8) is 0 Å². The standard InChI is InChI=1S/C38H63F6N5O/c1-26-9-13-32(14-10-26)45-36(46-33-15-11-27(2)12-16-33)49-21-19-48(20-22-49)34(29-7-5-4-6-8-29)35(50)47(3)18-17-28-23-30(37(39,40)41)25-31(24-28)38(42,43)44/h26-34H,4-25H2,1-3H3,(H,45,46). The van der Waals surface area contributed by atoms with Gasteiger partial charge < -0.3 is 15.1 Å². The highest BCUT2D eigenvalue weighted by Gasteiger charge is 2.51. The lowest BCUT2D eigenvalue weighted by atomic mass is 9.73. The molecule has 4 aliphatic carbocycles. The van der Waals surface area contributed by atoms with Crippen LogP contribution in [0.2, 0.25) is 0 Å². The Morgan fingerprint density at radius 1 is 0.760 bits per heavy atom. The van der Waals surface area contributed by atoms with Gasteiger partial charge >= 0.3 is 12.4 Å². The van der Waals surface area contributed by atoms with E-state index in [2.05, 4.69) is 29.0 Å². The lowest BCUT2D eigenvalue weighted by Crippen LogP contribution is -2.60. The van der Waals surface area contributed by atoms with E-state index in [1.54, 1.807) is 11.9 Å². The minimum absolute atomic E-state index is 0.0411. The van der Waals surface area contributed by atoms with Crippen molar-refractivity contribution in [1.29, 1.82) is 0 Å². The number of likely N-dealkylation sites (N-methyl/N-ethyl adjacent to an activating group) is 1. The molecule has 1 N–H and O–H groups in total. The maximum absolute atomic E-state index is 14.2. The fourth-order valence-corrected chi connectivity index (χ4v) is 9.58. The fraction of sp³-hybridized carbons (Fsp3) is 0.947. The van der Waals surface area contributed by atoms with Crippen molar-refractivity contribution in [1.82, 2.24) is 20.0 Å². The van der Waals surface area contributed by atoms with Crippen molar-refractivity contribution < 1.29 is 31.1 Å². The predicted molar refractivity (Wildman–Crippen MR) is 186 cm³/mol. The molecule has 0 aromatic carbocycles. The zero-order valence-corrected chi connectivity index (χ0v) is 30.7. The number of piperazine rings is 1. The summed E-state index contributed by atoms with van der Waals surface area (Å²) in [5.41, 5.74) is 0. The van der Waals surface area contributed by atoms with Gasteiger partial charge in [0.2, 0.25) is 5.91 Å². The van der Waals surface area contributed by atoms with Gasteiger partial charge in [0.15, 0.2) is 5.96 Å². The molecule has 288 valence electrons. The number of hydrogen-bond donors (Lipinski definition) is 1. The largest absolute Gasteiger partial charge is 0.391 e. The summed E-state index contributed by atoms with van der Waals surface area (Å²) in [7, 11) is 1.68. The predicted octanol–water partition coefficient (Wildman–Crippen LogP) is 8.66. The van der Waals surface area contributed by atoms with Crippen LogP contribution in [0.15, 0.2) is 4.99 Å². The number of aliphatic imine (C=N–C) groups is 1. The number of rotatable bonds is 8. The van der Waals surface area contributed by atoms with E-state index in [0.717, 1.165) is 88.7 Å². The number of amides is 1. The summed E-state index contributed by atoms with van der Waals surface area (Å²) in [5.74, 6) is -1.94. The van der Waals surface area contributed by atoms with Crippen LogP contribution in [-0.4, -0.2) is 96.8 Å². The van der Waals surface area contributed by atoms with Crippen LogP contribution < -0.4 is 5.32 Å². The van der Waals surface area contributed by atoms with Crippen molar-refractivity contribution >= 4 is 11.9 Å². The van der Waals surface area contributed by atoms with Crippen molar-refractivity contribution in [3.8, 4) is 0 Å². The van der Waals surface area contributed by atoms with E-state index in [9.17, 15) is 31.1 Å². The summed E-state index contributed by atoms with van der Waals surface area (Å²) >= 11 is 0. The molecule has 1 amide bonds. The number of nitrogens with one attached hydrogen (secondary N) is 1. The summed E-state index contributed by atoms with van der Waals surface area (Å²) in [4.78, 5) is 25.9. The fourth-order valence-electron chi connectivity index (χ4n) is 9.58. The summed E-state index contributed by atoms with van der Waals surface area (Å²) in [6.07, 6.45) is 3.98. The molecule has 50 heavy (non-hydrogen) atoms. The molecule has 5 fully saturated rings. The Morgan fingerprint density at radius 3 is 1.84 bits per heavy atom. The van der Waals surface area contributed by atoms with Gasteiger partial charge in [-0.15, -0.1) is 0 Å². The molecule has 5 aliphatic rings. The van der Waals surface area contributed by atoms with Crippen LogP contribution in [0, 0.1) is 35.5 Å². The number of hydrogen-bond acceptors (Lipinski definition) is 3. The van der Waals surface area contributed by atoms with E-state index in [4.69, 9.17) is 4.99 Å². The van der Waals surface area contributed by atoms with Crippen LogP contribution >= 0.6 is 0 Å². The molecule has 3 atom stereocenters. The monoisotopic (exact) mass is 719 g/mol. The Hall–Kier alpha value is -1.72. The number of halogens is 6. The van der Waals surface area contributed by atoms with Gasteiger partial charge in [0.05, 0.1) is 23.9 Å². The Bertz CT molecular complexity index is 1060. The Morgan fingerprint density at radius 2 is 1.30 bits per heavy atom. The molecule has 1 aliphatic heterocycles. The van der Waals surface area contributed by atoms with E-state index in [0.29, 0.717) is 25.2 Å². The van der Waals surface area contributed by atoms with E-state index < -0.39 is 36.5 Å². The number of nitrogens with zero attached hydrogens (tertiary/aromatic N) is 4. The second kappa shape index (κ2) is 17.4. The third-order valence-corrected chi connectivity index (χ3v) is 13.0. The van der Waals surface area contributed by atoms with E-state index >= 15 is 0 Å². The molecule has 12 heteroatoms. The van der Waals surface area contributed by atoms with Gasteiger partial charge in [-0.1, -0.05) is 33.1 Å². The maximum atomic E-state index is 14.2. The summed E-state index contributed by atoms with van der Waals surface area (Å²) in [6.45, 7) is 7.78. The molecular weight excluding hydrogens is 656 g/mol. The molecule has 0 aromatic rings. The minimum Gasteiger partial charge on any atom is -0.353 e. The molecular formula is C38H63F6N5O. The van der Waals surface area contributed by atoms with E-state index in [-0.39, 0.29) is 43.7 Å². The first-order valence-corrected chi connectivity index (χ1v) is 19.9. The smallest absolute Gasteiger partial charge is 0.353 e. The van der Waals surface area contributed by atoms with Crippen LogP contribution in [0.4, 0.5) is 26.3 Å². The first kappa shape index (κ1) is 39.5.